The molecule has 256 valence electrons. The zero-order valence-corrected chi connectivity index (χ0v) is 27.3. The van der Waals surface area contributed by atoms with Gasteiger partial charge in [0, 0.05) is 19.5 Å². The quantitative estimate of drug-likeness (QED) is 0.170. The Morgan fingerprint density at radius 3 is 1.59 bits per heavy atom. The zero-order valence-electron chi connectivity index (χ0n) is 27.3. The molecule has 1 N–H and O–H groups in total. The van der Waals surface area contributed by atoms with E-state index < -0.39 is 0 Å². The summed E-state index contributed by atoms with van der Waals surface area (Å²) in [6.07, 6.45) is 2.16. The second-order valence-electron chi connectivity index (χ2n) is 11.2. The van der Waals surface area contributed by atoms with E-state index in [9.17, 15) is 4.79 Å². The van der Waals surface area contributed by atoms with Crippen molar-refractivity contribution in [2.45, 2.75) is 24.9 Å². The molecule has 0 bridgehead atoms. The number of likely N-dealkylation sites (N-methyl/N-ethyl adjacent to an activating group) is 1. The van der Waals surface area contributed by atoms with E-state index in [1.807, 2.05) is 24.3 Å². The van der Waals surface area contributed by atoms with Gasteiger partial charge in [0.05, 0.1) is 92.0 Å². The van der Waals surface area contributed by atoms with Gasteiger partial charge in [-0.15, -0.1) is 0 Å². The van der Waals surface area contributed by atoms with Gasteiger partial charge >= 0.3 is 6.09 Å². The summed E-state index contributed by atoms with van der Waals surface area (Å²) < 4.78 is 44.7. The van der Waals surface area contributed by atoms with Crippen LogP contribution in [-0.2, 0) is 37.9 Å². The standard InChI is InChI=1S/C35H52N2O9/c1-37(35(38)46-28-34-32-8-4-2-6-30(32)31-7-3-5-9-33(31)34)14-15-39-16-17-40-18-19-41-20-21-42-22-23-43-24-25-44-26-27-45-29-10-12-36-13-11-29/h2-9,29,34,36H,10-28H2,1H3. The highest BCUT2D eigenvalue weighted by atomic mass is 16.6. The minimum Gasteiger partial charge on any atom is -0.448 e. The van der Waals surface area contributed by atoms with E-state index in [1.54, 1.807) is 11.9 Å². The van der Waals surface area contributed by atoms with Crippen molar-refractivity contribution in [3.05, 3.63) is 59.7 Å². The molecular formula is C35H52N2O9. The third kappa shape index (κ3) is 12.9. The van der Waals surface area contributed by atoms with Crippen LogP contribution in [0.1, 0.15) is 29.9 Å². The van der Waals surface area contributed by atoms with E-state index in [1.165, 1.54) is 22.3 Å². The molecule has 1 heterocycles. The van der Waals surface area contributed by atoms with Gasteiger partial charge in [0.25, 0.3) is 0 Å². The molecule has 2 aliphatic rings. The van der Waals surface area contributed by atoms with Crippen LogP contribution in [0, 0.1) is 0 Å². The van der Waals surface area contributed by atoms with Gasteiger partial charge in [0.1, 0.15) is 6.61 Å². The number of rotatable bonds is 24. The highest BCUT2D eigenvalue weighted by Crippen LogP contribution is 2.44. The first-order valence-corrected chi connectivity index (χ1v) is 16.6. The second-order valence-corrected chi connectivity index (χ2v) is 11.2. The van der Waals surface area contributed by atoms with Crippen LogP contribution >= 0.6 is 0 Å². The average molecular weight is 645 g/mol. The van der Waals surface area contributed by atoms with E-state index in [2.05, 4.69) is 29.6 Å². The van der Waals surface area contributed by atoms with Crippen molar-refractivity contribution >= 4 is 6.09 Å². The molecule has 1 aliphatic heterocycles. The average Bonchev–Trinajstić information content (AvgIpc) is 3.41. The molecule has 1 saturated heterocycles. The number of carbonyl (C=O) groups is 1. The van der Waals surface area contributed by atoms with Crippen LogP contribution in [-0.4, -0.2) is 136 Å². The smallest absolute Gasteiger partial charge is 0.409 e. The lowest BCUT2D eigenvalue weighted by Gasteiger charge is -2.22. The molecule has 1 aliphatic carbocycles. The third-order valence-corrected chi connectivity index (χ3v) is 7.95. The Bertz CT molecular complexity index is 1070. The maximum atomic E-state index is 12.6. The fourth-order valence-electron chi connectivity index (χ4n) is 5.43. The molecule has 0 saturated carbocycles. The number of benzene rings is 2. The number of hydrogen-bond acceptors (Lipinski definition) is 10. The molecule has 46 heavy (non-hydrogen) atoms. The van der Waals surface area contributed by atoms with Crippen LogP contribution in [0.2, 0.25) is 0 Å². The number of piperidine rings is 1. The number of fused-ring (bicyclic) bond motifs is 3. The maximum Gasteiger partial charge on any atom is 0.409 e. The lowest BCUT2D eigenvalue weighted by Crippen LogP contribution is -2.33. The van der Waals surface area contributed by atoms with Crippen molar-refractivity contribution in [2.75, 3.05) is 119 Å². The molecular weight excluding hydrogens is 592 g/mol. The van der Waals surface area contributed by atoms with Gasteiger partial charge in [-0.2, -0.15) is 0 Å². The van der Waals surface area contributed by atoms with E-state index >= 15 is 0 Å². The Morgan fingerprint density at radius 2 is 1.09 bits per heavy atom. The van der Waals surface area contributed by atoms with Crippen molar-refractivity contribution < 1.29 is 42.7 Å². The molecule has 4 rings (SSSR count). The van der Waals surface area contributed by atoms with Gasteiger partial charge in [0.15, 0.2) is 0 Å². The number of hydrogen-bond donors (Lipinski definition) is 1. The Hall–Kier alpha value is -2.61. The van der Waals surface area contributed by atoms with Crippen molar-refractivity contribution in [1.82, 2.24) is 10.2 Å². The molecule has 0 unspecified atom stereocenters. The molecule has 0 spiro atoms. The Kier molecular flexibility index (Phi) is 17.4. The molecule has 0 aromatic heterocycles. The molecule has 1 amide bonds. The largest absolute Gasteiger partial charge is 0.448 e. The molecule has 11 nitrogen and oxygen atoms in total. The monoisotopic (exact) mass is 644 g/mol. The summed E-state index contributed by atoms with van der Waals surface area (Å²) in [6, 6.07) is 16.6. The van der Waals surface area contributed by atoms with Gasteiger partial charge < -0.3 is 48.1 Å². The molecule has 0 atom stereocenters. The molecule has 0 radical (unpaired) electrons. The Morgan fingerprint density at radius 1 is 0.652 bits per heavy atom. The normalized spacial score (nSPS) is 14.7. The van der Waals surface area contributed by atoms with Gasteiger partial charge in [-0.25, -0.2) is 4.79 Å². The molecule has 2 aromatic rings. The SMILES string of the molecule is CN(CCOCCOCCOCCOCCOCCOCCOC1CCNCC1)C(=O)OCC1c2ccccc2-c2ccccc21. The predicted molar refractivity (Wildman–Crippen MR) is 174 cm³/mol. The minimum absolute atomic E-state index is 0.0467. The van der Waals surface area contributed by atoms with Crippen LogP contribution in [0.4, 0.5) is 4.79 Å². The van der Waals surface area contributed by atoms with Crippen molar-refractivity contribution in [3.63, 3.8) is 0 Å². The zero-order chi connectivity index (χ0) is 32.1. The van der Waals surface area contributed by atoms with Crippen LogP contribution in [0.25, 0.3) is 11.1 Å². The summed E-state index contributed by atoms with van der Waals surface area (Å²) in [4.78, 5) is 14.1. The van der Waals surface area contributed by atoms with Crippen LogP contribution in [0.3, 0.4) is 0 Å². The van der Waals surface area contributed by atoms with Gasteiger partial charge in [-0.05, 0) is 48.2 Å². The van der Waals surface area contributed by atoms with Crippen molar-refractivity contribution in [1.29, 1.82) is 0 Å². The molecule has 11 heteroatoms. The lowest BCUT2D eigenvalue weighted by molar-refractivity contribution is -0.0307. The molecule has 2 aromatic carbocycles. The third-order valence-electron chi connectivity index (χ3n) is 7.95. The number of carbonyl (C=O) groups excluding carboxylic acids is 1. The summed E-state index contributed by atoms with van der Waals surface area (Å²) >= 11 is 0. The van der Waals surface area contributed by atoms with Crippen molar-refractivity contribution in [3.8, 4) is 11.1 Å². The first-order chi connectivity index (χ1) is 22.7. The number of nitrogens with zero attached hydrogens (tertiary/aromatic N) is 1. The summed E-state index contributed by atoms with van der Waals surface area (Å²) in [7, 11) is 1.72. The fourth-order valence-corrected chi connectivity index (χ4v) is 5.43. The van der Waals surface area contributed by atoms with Crippen LogP contribution in [0.15, 0.2) is 48.5 Å². The van der Waals surface area contributed by atoms with E-state index in [-0.39, 0.29) is 12.0 Å². The number of nitrogens with one attached hydrogen (secondary N) is 1. The minimum atomic E-state index is -0.357. The van der Waals surface area contributed by atoms with Gasteiger partial charge in [-0.1, -0.05) is 48.5 Å². The van der Waals surface area contributed by atoms with E-state index in [0.29, 0.717) is 105 Å². The summed E-state index contributed by atoms with van der Waals surface area (Å²) in [5.41, 5.74) is 4.82. The predicted octanol–water partition coefficient (Wildman–Crippen LogP) is 3.74. The highest BCUT2D eigenvalue weighted by Gasteiger charge is 2.29. The van der Waals surface area contributed by atoms with Gasteiger partial charge in [-0.3, -0.25) is 0 Å². The van der Waals surface area contributed by atoms with Crippen molar-refractivity contribution in [2.24, 2.45) is 0 Å². The number of amides is 1. The molecule has 1 fully saturated rings. The number of ether oxygens (including phenoxy) is 8. The lowest BCUT2D eigenvalue weighted by atomic mass is 9.98. The Balaban J connectivity index is 0.875. The summed E-state index contributed by atoms with van der Waals surface area (Å²) in [6.45, 7) is 9.49. The van der Waals surface area contributed by atoms with E-state index in [4.69, 9.17) is 37.9 Å². The summed E-state index contributed by atoms with van der Waals surface area (Å²) in [5.74, 6) is 0.0467. The van der Waals surface area contributed by atoms with Gasteiger partial charge in [0.2, 0.25) is 0 Å². The van der Waals surface area contributed by atoms with E-state index in [0.717, 1.165) is 25.9 Å². The summed E-state index contributed by atoms with van der Waals surface area (Å²) in [5, 5.41) is 3.33. The fraction of sp³-hybridized carbons (Fsp3) is 0.629. The second kappa shape index (κ2) is 22.0. The Labute approximate surface area is 273 Å². The first-order valence-electron chi connectivity index (χ1n) is 16.6. The van der Waals surface area contributed by atoms with Crippen LogP contribution < -0.4 is 5.32 Å². The van der Waals surface area contributed by atoms with Crippen LogP contribution in [0.5, 0.6) is 0 Å². The highest BCUT2D eigenvalue weighted by molar-refractivity contribution is 5.79. The first kappa shape index (κ1) is 36.2. The maximum absolute atomic E-state index is 12.6. The topological polar surface area (TPSA) is 106 Å².